The molecule has 0 heterocycles. The van der Waals surface area contributed by atoms with E-state index in [9.17, 15) is 4.79 Å². The normalized spacial score (nSPS) is 10.8. The molecule has 0 aliphatic rings. The van der Waals surface area contributed by atoms with Gasteiger partial charge in [0.25, 0.3) is 0 Å². The highest BCUT2D eigenvalue weighted by molar-refractivity contribution is 6.47. The second-order valence-electron chi connectivity index (χ2n) is 4.14. The monoisotopic (exact) mass is 339 g/mol. The first-order chi connectivity index (χ1) is 9.94. The van der Waals surface area contributed by atoms with E-state index in [1.54, 1.807) is 36.4 Å². The summed E-state index contributed by atoms with van der Waals surface area (Å²) in [7, 11) is 0. The summed E-state index contributed by atoms with van der Waals surface area (Å²) in [5, 5.41) is 3.84. The molecule has 0 unspecified atom stereocenters. The molecule has 0 radical (unpaired) electrons. The first-order valence-corrected chi connectivity index (χ1v) is 6.92. The molecule has 7 heteroatoms. The Balaban J connectivity index is 2.28. The van der Waals surface area contributed by atoms with Crippen LogP contribution in [-0.2, 0) is 4.46 Å². The molecule has 0 fully saturated rings. The summed E-state index contributed by atoms with van der Waals surface area (Å²) in [4.78, 5) is 14.8. The molecule has 0 aliphatic carbocycles. The molecule has 0 amide bonds. The number of ketones is 1. The van der Waals surface area contributed by atoms with Gasteiger partial charge in [0.1, 0.15) is 0 Å². The van der Waals surface area contributed by atoms with Crippen LogP contribution in [0.15, 0.2) is 53.6 Å². The van der Waals surface area contributed by atoms with Gasteiger partial charge < -0.3 is 0 Å². The molecule has 106 valence electrons. The van der Waals surface area contributed by atoms with Gasteiger partial charge in [0.05, 0.1) is 0 Å². The second-order valence-corrected chi connectivity index (χ2v) is 5.87. The number of alkyl halides is 2. The zero-order valence-corrected chi connectivity index (χ0v) is 12.8. The number of azide groups is 1. The van der Waals surface area contributed by atoms with E-state index in [4.69, 9.17) is 40.3 Å². The van der Waals surface area contributed by atoms with Gasteiger partial charge >= 0.3 is 0 Å². The molecule has 0 saturated heterocycles. The van der Waals surface area contributed by atoms with Crippen LogP contribution in [0.1, 0.15) is 21.5 Å². The van der Waals surface area contributed by atoms with E-state index in [1.165, 1.54) is 12.1 Å². The van der Waals surface area contributed by atoms with Gasteiger partial charge in [-0.05, 0) is 35.4 Å². The van der Waals surface area contributed by atoms with E-state index < -0.39 is 4.46 Å². The summed E-state index contributed by atoms with van der Waals surface area (Å²) >= 11 is 17.5. The molecule has 21 heavy (non-hydrogen) atoms. The SMILES string of the molecule is [N-]=[N+]=NC(Cl)(Cl)c1ccc(C(=O)c2ccc(Cl)cc2)cc1. The Morgan fingerprint density at radius 1 is 1.00 bits per heavy atom. The third-order valence-corrected chi connectivity index (χ3v) is 3.61. The Morgan fingerprint density at radius 2 is 1.48 bits per heavy atom. The molecular formula is C14H8Cl3N3O. The molecule has 0 bridgehead atoms. The van der Waals surface area contributed by atoms with Crippen molar-refractivity contribution < 1.29 is 4.79 Å². The average molecular weight is 341 g/mol. The molecule has 0 N–H and O–H groups in total. The number of hydrogen-bond acceptors (Lipinski definition) is 2. The lowest BCUT2D eigenvalue weighted by molar-refractivity contribution is 0.103. The third kappa shape index (κ3) is 3.69. The maximum atomic E-state index is 12.3. The molecule has 2 rings (SSSR count). The maximum Gasteiger partial charge on any atom is 0.221 e. The number of hydrogen-bond donors (Lipinski definition) is 0. The number of carbonyl (C=O) groups is 1. The zero-order valence-electron chi connectivity index (χ0n) is 10.5. The van der Waals surface area contributed by atoms with Crippen molar-refractivity contribution >= 4 is 40.6 Å². The molecule has 2 aromatic rings. The van der Waals surface area contributed by atoms with Crippen LogP contribution in [0.5, 0.6) is 0 Å². The Hall–Kier alpha value is -1.71. The van der Waals surface area contributed by atoms with Gasteiger partial charge in [0.2, 0.25) is 4.46 Å². The van der Waals surface area contributed by atoms with E-state index in [0.717, 1.165) is 0 Å². The van der Waals surface area contributed by atoms with E-state index in [1.807, 2.05) is 0 Å². The fraction of sp³-hybridized carbons (Fsp3) is 0.0714. The minimum absolute atomic E-state index is 0.156. The van der Waals surface area contributed by atoms with Gasteiger partial charge in [-0.25, -0.2) is 0 Å². The van der Waals surface area contributed by atoms with Crippen molar-refractivity contribution in [1.82, 2.24) is 0 Å². The van der Waals surface area contributed by atoms with E-state index in [2.05, 4.69) is 10.0 Å². The quantitative estimate of drug-likeness (QED) is 0.182. The topological polar surface area (TPSA) is 65.8 Å². The van der Waals surface area contributed by atoms with E-state index in [-0.39, 0.29) is 5.78 Å². The predicted octanol–water partition coefficient (Wildman–Crippen LogP) is 5.47. The molecule has 0 saturated carbocycles. The number of benzene rings is 2. The highest BCUT2D eigenvalue weighted by atomic mass is 35.5. The lowest BCUT2D eigenvalue weighted by Crippen LogP contribution is -2.07. The lowest BCUT2D eigenvalue weighted by Gasteiger charge is -2.13. The summed E-state index contributed by atoms with van der Waals surface area (Å²) in [5.74, 6) is -0.156. The smallest absolute Gasteiger partial charge is 0.221 e. The van der Waals surface area contributed by atoms with Crippen LogP contribution in [0.2, 0.25) is 5.02 Å². The van der Waals surface area contributed by atoms with Crippen LogP contribution in [0, 0.1) is 0 Å². The fourth-order valence-electron chi connectivity index (χ4n) is 1.70. The van der Waals surface area contributed by atoms with Crippen LogP contribution < -0.4 is 0 Å². The van der Waals surface area contributed by atoms with Gasteiger partial charge in [-0.1, -0.05) is 64.2 Å². The van der Waals surface area contributed by atoms with Crippen molar-refractivity contribution in [3.8, 4) is 0 Å². The van der Waals surface area contributed by atoms with Crippen molar-refractivity contribution in [1.29, 1.82) is 0 Å². The third-order valence-electron chi connectivity index (χ3n) is 2.77. The van der Waals surface area contributed by atoms with Crippen LogP contribution in [-0.4, -0.2) is 5.78 Å². The minimum atomic E-state index is -1.70. The second kappa shape index (κ2) is 6.37. The number of carbonyl (C=O) groups excluding carboxylic acids is 1. The van der Waals surface area contributed by atoms with Crippen LogP contribution in [0.25, 0.3) is 10.4 Å². The van der Waals surface area contributed by atoms with Gasteiger partial charge in [-0.15, -0.1) is 0 Å². The van der Waals surface area contributed by atoms with Gasteiger partial charge in [0.15, 0.2) is 5.78 Å². The summed E-state index contributed by atoms with van der Waals surface area (Å²) < 4.78 is -1.70. The Bertz CT molecular complexity index is 705. The summed E-state index contributed by atoms with van der Waals surface area (Å²) in [5.41, 5.74) is 9.77. The van der Waals surface area contributed by atoms with E-state index >= 15 is 0 Å². The number of halogens is 3. The van der Waals surface area contributed by atoms with Crippen molar-refractivity contribution in [3.63, 3.8) is 0 Å². The zero-order chi connectivity index (χ0) is 15.5. The average Bonchev–Trinajstić information content (AvgIpc) is 2.47. The van der Waals surface area contributed by atoms with Crippen LogP contribution in [0.3, 0.4) is 0 Å². The van der Waals surface area contributed by atoms with Gasteiger partial charge in [-0.3, -0.25) is 4.79 Å². The molecule has 4 nitrogen and oxygen atoms in total. The summed E-state index contributed by atoms with van der Waals surface area (Å²) in [6.45, 7) is 0. The molecule has 0 spiro atoms. The Labute approximate surface area is 135 Å². The predicted molar refractivity (Wildman–Crippen MR) is 83.9 cm³/mol. The Kier molecular flexibility index (Phi) is 4.76. The highest BCUT2D eigenvalue weighted by Crippen LogP contribution is 2.35. The van der Waals surface area contributed by atoms with Crippen molar-refractivity contribution in [2.75, 3.05) is 0 Å². The minimum Gasteiger partial charge on any atom is -0.289 e. The Morgan fingerprint density at radius 3 is 1.95 bits per heavy atom. The van der Waals surface area contributed by atoms with Crippen molar-refractivity contribution in [2.24, 2.45) is 5.11 Å². The number of rotatable bonds is 4. The van der Waals surface area contributed by atoms with Crippen molar-refractivity contribution in [2.45, 2.75) is 4.46 Å². The molecule has 0 aliphatic heterocycles. The molecule has 0 aromatic heterocycles. The number of nitrogens with zero attached hydrogens (tertiary/aromatic N) is 3. The molecule has 0 atom stereocenters. The van der Waals surface area contributed by atoms with Gasteiger partial charge in [-0.2, -0.15) is 0 Å². The summed E-state index contributed by atoms with van der Waals surface area (Å²) in [6.07, 6.45) is 0. The molecular weight excluding hydrogens is 333 g/mol. The maximum absolute atomic E-state index is 12.3. The standard InChI is InChI=1S/C14H8Cl3N3O/c15-12-7-3-10(4-8-12)13(21)9-1-5-11(6-2-9)14(16,17)19-20-18/h1-8H. The fourth-order valence-corrected chi connectivity index (χ4v) is 2.15. The lowest BCUT2D eigenvalue weighted by atomic mass is 10.0. The highest BCUT2D eigenvalue weighted by Gasteiger charge is 2.25. The largest absolute Gasteiger partial charge is 0.289 e. The summed E-state index contributed by atoms with van der Waals surface area (Å²) in [6, 6.07) is 12.8. The van der Waals surface area contributed by atoms with Crippen molar-refractivity contribution in [3.05, 3.63) is 80.7 Å². The van der Waals surface area contributed by atoms with Crippen LogP contribution >= 0.6 is 34.8 Å². The molecule has 2 aromatic carbocycles. The van der Waals surface area contributed by atoms with Crippen LogP contribution in [0.4, 0.5) is 0 Å². The van der Waals surface area contributed by atoms with E-state index in [0.29, 0.717) is 21.7 Å². The first-order valence-electron chi connectivity index (χ1n) is 5.79. The first kappa shape index (κ1) is 15.7. The van der Waals surface area contributed by atoms with Gasteiger partial charge in [0, 0.05) is 21.1 Å².